The Morgan fingerprint density at radius 1 is 1.41 bits per heavy atom. The number of rotatable bonds is 7. The zero-order valence-corrected chi connectivity index (χ0v) is 10.4. The Labute approximate surface area is 102 Å². The summed E-state index contributed by atoms with van der Waals surface area (Å²) in [5.74, 6) is 0.902. The highest BCUT2D eigenvalue weighted by atomic mass is 16.5. The van der Waals surface area contributed by atoms with Crippen LogP contribution >= 0.6 is 0 Å². The van der Waals surface area contributed by atoms with Crippen LogP contribution in [0.25, 0.3) is 0 Å². The summed E-state index contributed by atoms with van der Waals surface area (Å²) in [4.78, 5) is 0. The first-order valence-corrected chi connectivity index (χ1v) is 5.96. The molecule has 1 aromatic carbocycles. The molecule has 3 N–H and O–H groups in total. The summed E-state index contributed by atoms with van der Waals surface area (Å²) in [5, 5.41) is 21.8. The molecule has 0 fully saturated rings. The minimum Gasteiger partial charge on any atom is -0.507 e. The Morgan fingerprint density at radius 2 is 2.18 bits per heavy atom. The molecule has 96 valence electrons. The lowest BCUT2D eigenvalue weighted by molar-refractivity contribution is 0.250. The number of nitrogens with one attached hydrogen (secondary N) is 1. The van der Waals surface area contributed by atoms with E-state index in [0.717, 1.165) is 12.0 Å². The standard InChI is InChI=1S/C13H21NO3/c1-3-6-17-12-5-4-11(13(16)7-12)8-14-10(2)9-15/h4-5,7,10,14-16H,3,6,8-9H2,1-2H3. The monoisotopic (exact) mass is 239 g/mol. The fourth-order valence-corrected chi connectivity index (χ4v) is 1.35. The minimum absolute atomic E-state index is 0.0189. The second kappa shape index (κ2) is 7.14. The molecule has 0 aliphatic heterocycles. The van der Waals surface area contributed by atoms with Crippen molar-refractivity contribution in [3.63, 3.8) is 0 Å². The van der Waals surface area contributed by atoms with Crippen LogP contribution in [0.5, 0.6) is 11.5 Å². The summed E-state index contributed by atoms with van der Waals surface area (Å²) >= 11 is 0. The maximum absolute atomic E-state index is 9.79. The van der Waals surface area contributed by atoms with Crippen LogP contribution in [0, 0.1) is 0 Å². The van der Waals surface area contributed by atoms with Gasteiger partial charge in [-0.25, -0.2) is 0 Å². The Morgan fingerprint density at radius 3 is 2.76 bits per heavy atom. The molecule has 17 heavy (non-hydrogen) atoms. The quantitative estimate of drug-likeness (QED) is 0.677. The van der Waals surface area contributed by atoms with E-state index in [1.165, 1.54) is 0 Å². The van der Waals surface area contributed by atoms with E-state index in [0.29, 0.717) is 18.9 Å². The summed E-state index contributed by atoms with van der Waals surface area (Å²) in [6.07, 6.45) is 0.943. The third kappa shape index (κ3) is 4.63. The van der Waals surface area contributed by atoms with Gasteiger partial charge in [0.25, 0.3) is 0 Å². The molecule has 0 amide bonds. The van der Waals surface area contributed by atoms with Gasteiger partial charge in [-0.3, -0.25) is 0 Å². The van der Waals surface area contributed by atoms with Gasteiger partial charge in [0.2, 0.25) is 0 Å². The normalized spacial score (nSPS) is 12.4. The van der Waals surface area contributed by atoms with Crippen molar-refractivity contribution in [1.82, 2.24) is 5.32 Å². The molecule has 1 unspecified atom stereocenters. The van der Waals surface area contributed by atoms with Crippen LogP contribution < -0.4 is 10.1 Å². The molecular weight excluding hydrogens is 218 g/mol. The van der Waals surface area contributed by atoms with Crippen LogP contribution in [0.4, 0.5) is 0 Å². The zero-order valence-electron chi connectivity index (χ0n) is 10.4. The lowest BCUT2D eigenvalue weighted by atomic mass is 10.2. The van der Waals surface area contributed by atoms with Crippen LogP contribution in [-0.4, -0.2) is 29.5 Å². The van der Waals surface area contributed by atoms with Gasteiger partial charge in [-0.15, -0.1) is 0 Å². The fraction of sp³-hybridized carbons (Fsp3) is 0.538. The van der Waals surface area contributed by atoms with Crippen molar-refractivity contribution in [2.24, 2.45) is 0 Å². The van der Waals surface area contributed by atoms with Gasteiger partial charge >= 0.3 is 0 Å². The van der Waals surface area contributed by atoms with Gasteiger partial charge in [-0.2, -0.15) is 0 Å². The Bertz CT molecular complexity index is 341. The van der Waals surface area contributed by atoms with Crippen LogP contribution in [0.2, 0.25) is 0 Å². The molecule has 0 saturated carbocycles. The smallest absolute Gasteiger partial charge is 0.123 e. The van der Waals surface area contributed by atoms with Gasteiger partial charge in [-0.05, 0) is 19.4 Å². The summed E-state index contributed by atoms with van der Waals surface area (Å²) in [6, 6.07) is 5.31. The van der Waals surface area contributed by atoms with E-state index >= 15 is 0 Å². The van der Waals surface area contributed by atoms with Crippen molar-refractivity contribution in [2.75, 3.05) is 13.2 Å². The number of ether oxygens (including phenoxy) is 1. The molecule has 4 nitrogen and oxygen atoms in total. The molecule has 0 spiro atoms. The van der Waals surface area contributed by atoms with Crippen molar-refractivity contribution in [2.45, 2.75) is 32.9 Å². The van der Waals surface area contributed by atoms with Crippen molar-refractivity contribution in [1.29, 1.82) is 0 Å². The van der Waals surface area contributed by atoms with Crippen LogP contribution in [0.3, 0.4) is 0 Å². The van der Waals surface area contributed by atoms with Crippen LogP contribution in [0.15, 0.2) is 18.2 Å². The zero-order chi connectivity index (χ0) is 12.7. The van der Waals surface area contributed by atoms with Crippen molar-refractivity contribution in [3.8, 4) is 11.5 Å². The third-order valence-electron chi connectivity index (χ3n) is 2.44. The number of benzene rings is 1. The van der Waals surface area contributed by atoms with E-state index in [9.17, 15) is 5.11 Å². The van der Waals surface area contributed by atoms with Gasteiger partial charge in [0.05, 0.1) is 13.2 Å². The molecule has 4 heteroatoms. The highest BCUT2D eigenvalue weighted by molar-refractivity contribution is 5.39. The molecule has 0 aromatic heterocycles. The van der Waals surface area contributed by atoms with E-state index in [2.05, 4.69) is 5.32 Å². The number of aromatic hydroxyl groups is 1. The lowest BCUT2D eigenvalue weighted by Crippen LogP contribution is -2.28. The average molecular weight is 239 g/mol. The largest absolute Gasteiger partial charge is 0.507 e. The predicted octanol–water partition coefficient (Wildman–Crippen LogP) is 1.65. The summed E-state index contributed by atoms with van der Waals surface area (Å²) in [5.41, 5.74) is 0.800. The molecule has 0 radical (unpaired) electrons. The van der Waals surface area contributed by atoms with Gasteiger partial charge in [0, 0.05) is 24.2 Å². The summed E-state index contributed by atoms with van der Waals surface area (Å²) in [6.45, 7) is 5.18. The molecule has 0 saturated heterocycles. The van der Waals surface area contributed by atoms with Crippen molar-refractivity contribution < 1.29 is 14.9 Å². The summed E-state index contributed by atoms with van der Waals surface area (Å²) < 4.78 is 5.42. The second-order valence-corrected chi connectivity index (χ2v) is 4.10. The SMILES string of the molecule is CCCOc1ccc(CNC(C)CO)c(O)c1. The van der Waals surface area contributed by atoms with E-state index < -0.39 is 0 Å². The highest BCUT2D eigenvalue weighted by Crippen LogP contribution is 2.23. The van der Waals surface area contributed by atoms with Gasteiger partial charge in [-0.1, -0.05) is 13.0 Å². The molecule has 1 atom stereocenters. The highest BCUT2D eigenvalue weighted by Gasteiger charge is 2.05. The predicted molar refractivity (Wildman–Crippen MR) is 67.3 cm³/mol. The fourth-order valence-electron chi connectivity index (χ4n) is 1.35. The molecule has 1 aromatic rings. The Balaban J connectivity index is 2.56. The number of hydrogen-bond donors (Lipinski definition) is 3. The maximum atomic E-state index is 9.79. The molecule has 0 bridgehead atoms. The molecule has 0 heterocycles. The average Bonchev–Trinajstić information content (AvgIpc) is 2.34. The first kappa shape index (κ1) is 13.8. The van der Waals surface area contributed by atoms with Gasteiger partial charge in [0.1, 0.15) is 11.5 Å². The van der Waals surface area contributed by atoms with E-state index in [1.54, 1.807) is 6.07 Å². The topological polar surface area (TPSA) is 61.7 Å². The number of phenolic OH excluding ortho intramolecular Hbond substituents is 1. The number of aliphatic hydroxyl groups is 1. The number of aliphatic hydroxyl groups excluding tert-OH is 1. The maximum Gasteiger partial charge on any atom is 0.123 e. The molecule has 1 rings (SSSR count). The van der Waals surface area contributed by atoms with Gasteiger partial charge in [0.15, 0.2) is 0 Å². The van der Waals surface area contributed by atoms with E-state index in [-0.39, 0.29) is 18.4 Å². The summed E-state index contributed by atoms with van der Waals surface area (Å²) in [7, 11) is 0. The minimum atomic E-state index is 0.0189. The third-order valence-corrected chi connectivity index (χ3v) is 2.44. The van der Waals surface area contributed by atoms with Crippen LogP contribution in [0.1, 0.15) is 25.8 Å². The van der Waals surface area contributed by atoms with Crippen molar-refractivity contribution in [3.05, 3.63) is 23.8 Å². The molecule has 0 aliphatic rings. The molecular formula is C13H21NO3. The molecule has 0 aliphatic carbocycles. The van der Waals surface area contributed by atoms with Gasteiger partial charge < -0.3 is 20.3 Å². The number of phenols is 1. The van der Waals surface area contributed by atoms with Crippen LogP contribution in [-0.2, 0) is 6.54 Å². The number of hydrogen-bond acceptors (Lipinski definition) is 4. The first-order valence-electron chi connectivity index (χ1n) is 5.96. The van der Waals surface area contributed by atoms with Crippen molar-refractivity contribution >= 4 is 0 Å². The Kier molecular flexibility index (Phi) is 5.80. The lowest BCUT2D eigenvalue weighted by Gasteiger charge is -2.12. The van der Waals surface area contributed by atoms with E-state index in [1.807, 2.05) is 26.0 Å². The first-order chi connectivity index (χ1) is 8.17. The second-order valence-electron chi connectivity index (χ2n) is 4.10. The Hall–Kier alpha value is -1.26. The van der Waals surface area contributed by atoms with E-state index in [4.69, 9.17) is 9.84 Å².